The first-order valence-electron chi connectivity index (χ1n) is 11.1. The predicted octanol–water partition coefficient (Wildman–Crippen LogP) is 4.42. The van der Waals surface area contributed by atoms with Crippen molar-refractivity contribution in [2.24, 2.45) is 0 Å². The van der Waals surface area contributed by atoms with E-state index in [1.165, 1.54) is 12.1 Å². The Hall–Kier alpha value is -4.73. The van der Waals surface area contributed by atoms with Gasteiger partial charge in [0.25, 0.3) is 5.91 Å². The van der Waals surface area contributed by atoms with Gasteiger partial charge in [0.1, 0.15) is 23.4 Å². The molecule has 4 aromatic rings. The van der Waals surface area contributed by atoms with Crippen molar-refractivity contribution in [1.82, 2.24) is 19.7 Å². The zero-order valence-corrected chi connectivity index (χ0v) is 19.8. The van der Waals surface area contributed by atoms with Crippen LogP contribution in [0.3, 0.4) is 0 Å². The summed E-state index contributed by atoms with van der Waals surface area (Å²) in [4.78, 5) is 22.3. The van der Waals surface area contributed by atoms with E-state index in [2.05, 4.69) is 20.6 Å². The van der Waals surface area contributed by atoms with E-state index in [1.54, 1.807) is 74.6 Å². The quantitative estimate of drug-likeness (QED) is 0.416. The number of methoxy groups -OCH3 is 2. The Kier molecular flexibility index (Phi) is 6.07. The number of anilines is 2. The summed E-state index contributed by atoms with van der Waals surface area (Å²) in [6, 6.07) is 14.1. The van der Waals surface area contributed by atoms with Gasteiger partial charge >= 0.3 is 0 Å². The molecule has 0 radical (unpaired) electrons. The third-order valence-corrected chi connectivity index (χ3v) is 5.85. The molecule has 2 N–H and O–H groups in total. The number of hydrogen-bond acceptors (Lipinski definition) is 7. The molecule has 10 heteroatoms. The Morgan fingerprint density at radius 2 is 1.92 bits per heavy atom. The van der Waals surface area contributed by atoms with E-state index < -0.39 is 6.04 Å². The summed E-state index contributed by atoms with van der Waals surface area (Å²) in [5.74, 6) is 1.26. The van der Waals surface area contributed by atoms with Crippen LogP contribution in [0.15, 0.2) is 78.3 Å². The van der Waals surface area contributed by atoms with Crippen molar-refractivity contribution in [2.45, 2.75) is 13.0 Å². The molecule has 0 aliphatic carbocycles. The molecule has 0 saturated carbocycles. The molecule has 5 rings (SSSR count). The number of carbonyl (C=O) groups is 1. The van der Waals surface area contributed by atoms with Gasteiger partial charge in [0.05, 0.1) is 31.7 Å². The third-order valence-electron chi connectivity index (χ3n) is 5.85. The molecule has 1 amide bonds. The minimum atomic E-state index is -0.704. The number of nitrogens with zero attached hydrogens (tertiary/aromatic N) is 4. The maximum Gasteiger partial charge on any atom is 0.255 e. The predicted molar refractivity (Wildman–Crippen MR) is 132 cm³/mol. The Balaban J connectivity index is 1.66. The third kappa shape index (κ3) is 4.24. The summed E-state index contributed by atoms with van der Waals surface area (Å²) in [5, 5.41) is 10.8. The van der Waals surface area contributed by atoms with Crippen molar-refractivity contribution < 1.29 is 18.7 Å². The Labute approximate surface area is 206 Å². The van der Waals surface area contributed by atoms with Crippen molar-refractivity contribution in [1.29, 1.82) is 0 Å². The Morgan fingerprint density at radius 3 is 2.61 bits per heavy atom. The van der Waals surface area contributed by atoms with Crippen LogP contribution in [0.25, 0.3) is 11.4 Å². The number of amides is 1. The van der Waals surface area contributed by atoms with Gasteiger partial charge in [0.2, 0.25) is 5.95 Å². The molecule has 0 saturated heterocycles. The first-order valence-corrected chi connectivity index (χ1v) is 11.1. The maximum atomic E-state index is 13.6. The SMILES string of the molecule is COc1ccc(OC)c(C2C(C(=O)Nc3cccnc3)=C(C)Nc3nc(-c4ccc(F)cc4)nn32)c1. The average molecular weight is 487 g/mol. The fourth-order valence-corrected chi connectivity index (χ4v) is 4.14. The number of rotatable bonds is 6. The molecule has 1 atom stereocenters. The first-order chi connectivity index (χ1) is 17.5. The normalized spacial score (nSPS) is 14.6. The summed E-state index contributed by atoms with van der Waals surface area (Å²) in [5.41, 5.74) is 2.85. The van der Waals surface area contributed by atoms with Gasteiger partial charge in [-0.15, -0.1) is 5.10 Å². The van der Waals surface area contributed by atoms with Gasteiger partial charge in [-0.05, 0) is 61.5 Å². The number of carbonyl (C=O) groups excluding carboxylic acids is 1. The van der Waals surface area contributed by atoms with Crippen LogP contribution in [-0.4, -0.2) is 39.9 Å². The van der Waals surface area contributed by atoms with Gasteiger partial charge in [-0.3, -0.25) is 9.78 Å². The van der Waals surface area contributed by atoms with E-state index in [9.17, 15) is 9.18 Å². The largest absolute Gasteiger partial charge is 0.497 e. The molecule has 2 aromatic heterocycles. The van der Waals surface area contributed by atoms with Crippen molar-refractivity contribution in [3.8, 4) is 22.9 Å². The summed E-state index contributed by atoms with van der Waals surface area (Å²) in [6.07, 6.45) is 3.20. The lowest BCUT2D eigenvalue weighted by atomic mass is 9.94. The summed E-state index contributed by atoms with van der Waals surface area (Å²) >= 11 is 0. The molecule has 1 aliphatic heterocycles. The lowest BCUT2D eigenvalue weighted by Gasteiger charge is -2.29. The van der Waals surface area contributed by atoms with E-state index in [-0.39, 0.29) is 11.7 Å². The van der Waals surface area contributed by atoms with E-state index >= 15 is 0 Å². The van der Waals surface area contributed by atoms with Gasteiger partial charge in [0, 0.05) is 23.0 Å². The van der Waals surface area contributed by atoms with E-state index in [4.69, 9.17) is 14.6 Å². The molecule has 0 fully saturated rings. The Bertz CT molecular complexity index is 1450. The van der Waals surface area contributed by atoms with Gasteiger partial charge in [-0.2, -0.15) is 4.98 Å². The fourth-order valence-electron chi connectivity index (χ4n) is 4.14. The van der Waals surface area contributed by atoms with Crippen molar-refractivity contribution in [2.75, 3.05) is 24.9 Å². The van der Waals surface area contributed by atoms with Crippen LogP contribution in [-0.2, 0) is 4.79 Å². The second-order valence-electron chi connectivity index (χ2n) is 8.08. The van der Waals surface area contributed by atoms with Crippen molar-refractivity contribution in [3.63, 3.8) is 0 Å². The summed E-state index contributed by atoms with van der Waals surface area (Å²) in [6.45, 7) is 1.80. The van der Waals surface area contributed by atoms with Gasteiger partial charge in [-0.1, -0.05) is 0 Å². The number of aromatic nitrogens is 4. The number of nitrogens with one attached hydrogen (secondary N) is 2. The molecular weight excluding hydrogens is 463 g/mol. The topological polar surface area (TPSA) is 103 Å². The van der Waals surface area contributed by atoms with Gasteiger partial charge in [0.15, 0.2) is 5.82 Å². The van der Waals surface area contributed by atoms with Crippen LogP contribution < -0.4 is 20.1 Å². The van der Waals surface area contributed by atoms with Crippen molar-refractivity contribution >= 4 is 17.5 Å². The molecule has 1 unspecified atom stereocenters. The number of allylic oxidation sites excluding steroid dienone is 1. The smallest absolute Gasteiger partial charge is 0.255 e. The zero-order valence-electron chi connectivity index (χ0n) is 19.8. The van der Waals surface area contributed by atoms with Crippen molar-refractivity contribution in [3.05, 3.63) is 89.6 Å². The standard InChI is InChI=1S/C26H23FN6O3/c1-15-22(25(34)30-18-5-4-12-28-14-18)23(20-13-19(35-2)10-11-21(20)36-3)33-26(29-15)31-24(32-33)16-6-8-17(27)9-7-16/h4-14,23H,1-3H3,(H,30,34)(H,29,31,32). The van der Waals surface area contributed by atoms with Crippen LogP contribution in [0.4, 0.5) is 16.0 Å². The fraction of sp³-hybridized carbons (Fsp3) is 0.154. The monoisotopic (exact) mass is 486 g/mol. The van der Waals surface area contributed by atoms with Crippen LogP contribution in [0.1, 0.15) is 18.5 Å². The van der Waals surface area contributed by atoms with Crippen LogP contribution in [0, 0.1) is 5.82 Å². The highest BCUT2D eigenvalue weighted by molar-refractivity contribution is 6.06. The van der Waals surface area contributed by atoms with E-state index in [0.29, 0.717) is 51.4 Å². The molecule has 0 spiro atoms. The van der Waals surface area contributed by atoms with E-state index in [0.717, 1.165) is 0 Å². The van der Waals surface area contributed by atoms with E-state index in [1.807, 2.05) is 6.07 Å². The highest BCUT2D eigenvalue weighted by atomic mass is 19.1. The number of hydrogen-bond donors (Lipinski definition) is 2. The molecule has 0 bridgehead atoms. The summed E-state index contributed by atoms with van der Waals surface area (Å²) < 4.78 is 26.2. The minimum Gasteiger partial charge on any atom is -0.497 e. The lowest BCUT2D eigenvalue weighted by molar-refractivity contribution is -0.113. The molecule has 182 valence electrons. The molecule has 2 aromatic carbocycles. The molecule has 36 heavy (non-hydrogen) atoms. The number of benzene rings is 2. The molecule has 3 heterocycles. The molecular formula is C26H23FN6O3. The number of fused-ring (bicyclic) bond motifs is 1. The molecule has 1 aliphatic rings. The lowest BCUT2D eigenvalue weighted by Crippen LogP contribution is -2.31. The summed E-state index contributed by atoms with van der Waals surface area (Å²) in [7, 11) is 3.13. The van der Waals surface area contributed by atoms with Crippen LogP contribution in [0.5, 0.6) is 11.5 Å². The average Bonchev–Trinajstić information content (AvgIpc) is 3.32. The van der Waals surface area contributed by atoms with Gasteiger partial charge in [-0.25, -0.2) is 9.07 Å². The Morgan fingerprint density at radius 1 is 1.11 bits per heavy atom. The number of halogens is 1. The second-order valence-corrected chi connectivity index (χ2v) is 8.08. The first kappa shape index (κ1) is 23.0. The maximum absolute atomic E-state index is 13.6. The number of ether oxygens (including phenoxy) is 2. The highest BCUT2D eigenvalue weighted by Crippen LogP contribution is 2.41. The second kappa shape index (κ2) is 9.49. The minimum absolute atomic E-state index is 0.340. The highest BCUT2D eigenvalue weighted by Gasteiger charge is 2.36. The number of pyridine rings is 1. The van der Waals surface area contributed by atoms with Crippen LogP contribution in [0.2, 0.25) is 0 Å². The zero-order chi connectivity index (χ0) is 25.2. The van der Waals surface area contributed by atoms with Gasteiger partial charge < -0.3 is 20.1 Å². The molecule has 9 nitrogen and oxygen atoms in total. The van der Waals surface area contributed by atoms with Crippen LogP contribution >= 0.6 is 0 Å².